The van der Waals surface area contributed by atoms with Gasteiger partial charge in [0, 0.05) is 13.0 Å². The number of ether oxygens (including phenoxy) is 1. The zero-order valence-electron chi connectivity index (χ0n) is 12.4. The van der Waals surface area contributed by atoms with Crippen LogP contribution in [-0.4, -0.2) is 22.5 Å². The maximum atomic E-state index is 11.4. The summed E-state index contributed by atoms with van der Waals surface area (Å²) < 4.78 is 11.0. The van der Waals surface area contributed by atoms with Crippen molar-refractivity contribution in [2.24, 2.45) is 5.92 Å². The van der Waals surface area contributed by atoms with E-state index in [4.69, 9.17) is 9.26 Å². The lowest BCUT2D eigenvalue weighted by Gasteiger charge is -2.27. The first-order valence-corrected chi connectivity index (χ1v) is 7.70. The summed E-state index contributed by atoms with van der Waals surface area (Å²) in [5, 5.41) is 4.03. The molecule has 0 spiro atoms. The van der Waals surface area contributed by atoms with Gasteiger partial charge in [-0.2, -0.15) is 4.98 Å². The summed E-state index contributed by atoms with van der Waals surface area (Å²) in [6, 6.07) is 0. The molecule has 112 valence electrons. The van der Waals surface area contributed by atoms with Crippen molar-refractivity contribution in [2.75, 3.05) is 6.61 Å². The Morgan fingerprint density at radius 1 is 1.35 bits per heavy atom. The number of nitrogens with zero attached hydrogens (tertiary/aromatic N) is 2. The number of Topliss-reactive ketones (excluding diaryl/α,β-unsaturated/α-hetero) is 1. The highest BCUT2D eigenvalue weighted by Gasteiger charge is 2.29. The molecule has 20 heavy (non-hydrogen) atoms. The van der Waals surface area contributed by atoms with E-state index in [2.05, 4.69) is 10.1 Å². The maximum Gasteiger partial charge on any atom is 0.234 e. The fraction of sp³-hybridized carbons (Fsp3) is 0.800. The van der Waals surface area contributed by atoms with Gasteiger partial charge in [-0.15, -0.1) is 0 Å². The van der Waals surface area contributed by atoms with Crippen molar-refractivity contribution in [1.82, 2.24) is 10.1 Å². The Morgan fingerprint density at radius 3 is 2.75 bits per heavy atom. The Bertz CT molecular complexity index is 425. The lowest BCUT2D eigenvalue weighted by Crippen LogP contribution is -2.20. The second-order valence-corrected chi connectivity index (χ2v) is 5.39. The highest BCUT2D eigenvalue weighted by Crippen LogP contribution is 2.35. The molecule has 1 fully saturated rings. The van der Waals surface area contributed by atoms with Crippen molar-refractivity contribution in [1.29, 1.82) is 0 Å². The summed E-state index contributed by atoms with van der Waals surface area (Å²) in [6.45, 7) is 4.46. The summed E-state index contributed by atoms with van der Waals surface area (Å²) in [7, 11) is 0. The molecule has 0 radical (unpaired) electrons. The zero-order chi connectivity index (χ0) is 14.4. The van der Waals surface area contributed by atoms with Crippen molar-refractivity contribution in [3.05, 3.63) is 11.7 Å². The van der Waals surface area contributed by atoms with Crippen molar-refractivity contribution < 1.29 is 14.1 Å². The van der Waals surface area contributed by atoms with Crippen molar-refractivity contribution >= 4 is 5.78 Å². The molecule has 0 saturated heterocycles. The topological polar surface area (TPSA) is 65.2 Å². The largest absolute Gasteiger partial charge is 0.370 e. The molecule has 0 aromatic carbocycles. The van der Waals surface area contributed by atoms with Crippen molar-refractivity contribution in [2.45, 2.75) is 64.9 Å². The van der Waals surface area contributed by atoms with Crippen LogP contribution in [0.5, 0.6) is 0 Å². The highest BCUT2D eigenvalue weighted by molar-refractivity contribution is 5.79. The molecule has 5 nitrogen and oxygen atoms in total. The average molecular weight is 280 g/mol. The van der Waals surface area contributed by atoms with Gasteiger partial charge in [0.05, 0.1) is 6.42 Å². The van der Waals surface area contributed by atoms with Crippen LogP contribution < -0.4 is 0 Å². The van der Waals surface area contributed by atoms with Gasteiger partial charge in [-0.05, 0) is 25.7 Å². The summed E-state index contributed by atoms with van der Waals surface area (Å²) in [5.74, 6) is 1.60. The standard InChI is InChI=1S/C15H24N2O3/c1-3-12(18)10-13-16-15(17-20-13)14(19-4-2)11-8-6-5-7-9-11/h11,14H,3-10H2,1-2H3. The molecule has 1 aromatic rings. The number of hydrogen-bond acceptors (Lipinski definition) is 5. The molecule has 0 aliphatic heterocycles. The Labute approximate surface area is 120 Å². The van der Waals surface area contributed by atoms with Gasteiger partial charge >= 0.3 is 0 Å². The van der Waals surface area contributed by atoms with Gasteiger partial charge < -0.3 is 9.26 Å². The van der Waals surface area contributed by atoms with Gasteiger partial charge in [0.15, 0.2) is 0 Å². The van der Waals surface area contributed by atoms with Crippen LogP contribution in [0.4, 0.5) is 0 Å². The van der Waals surface area contributed by atoms with Crippen LogP contribution in [0.3, 0.4) is 0 Å². The highest BCUT2D eigenvalue weighted by atomic mass is 16.5. The molecule has 5 heteroatoms. The lowest BCUT2D eigenvalue weighted by molar-refractivity contribution is -0.118. The average Bonchev–Trinajstić information content (AvgIpc) is 2.93. The second-order valence-electron chi connectivity index (χ2n) is 5.39. The van der Waals surface area contributed by atoms with E-state index >= 15 is 0 Å². The van der Waals surface area contributed by atoms with E-state index in [1.807, 2.05) is 13.8 Å². The SMILES string of the molecule is CCOC(c1noc(CC(=O)CC)n1)C1CCCCC1. The van der Waals surface area contributed by atoms with Crippen LogP contribution in [0, 0.1) is 5.92 Å². The third kappa shape index (κ3) is 3.88. The van der Waals surface area contributed by atoms with Crippen LogP contribution in [-0.2, 0) is 16.0 Å². The first-order chi connectivity index (χ1) is 9.74. The number of rotatable bonds is 7. The summed E-state index contributed by atoms with van der Waals surface area (Å²) in [6.07, 6.45) is 6.74. The van der Waals surface area contributed by atoms with Crippen LogP contribution in [0.15, 0.2) is 4.52 Å². The molecule has 1 atom stereocenters. The van der Waals surface area contributed by atoms with Gasteiger partial charge in [-0.1, -0.05) is 31.3 Å². The van der Waals surface area contributed by atoms with Gasteiger partial charge in [-0.3, -0.25) is 4.79 Å². The van der Waals surface area contributed by atoms with Crippen LogP contribution in [0.2, 0.25) is 0 Å². The van der Waals surface area contributed by atoms with Gasteiger partial charge in [0.25, 0.3) is 0 Å². The molecule has 1 aliphatic rings. The minimum absolute atomic E-state index is 0.0884. The number of ketones is 1. The molecule has 0 bridgehead atoms. The number of carbonyl (C=O) groups is 1. The molecule has 1 saturated carbocycles. The van der Waals surface area contributed by atoms with E-state index in [0.29, 0.717) is 30.7 Å². The minimum Gasteiger partial charge on any atom is -0.370 e. The molecule has 1 unspecified atom stereocenters. The quantitative estimate of drug-likeness (QED) is 0.767. The Kier molecular flexibility index (Phi) is 5.71. The van der Waals surface area contributed by atoms with E-state index in [1.54, 1.807) is 0 Å². The lowest BCUT2D eigenvalue weighted by atomic mass is 9.85. The van der Waals surface area contributed by atoms with Crippen LogP contribution >= 0.6 is 0 Å². The number of carbonyl (C=O) groups excluding carboxylic acids is 1. The van der Waals surface area contributed by atoms with Crippen LogP contribution in [0.25, 0.3) is 0 Å². The van der Waals surface area contributed by atoms with Crippen LogP contribution in [0.1, 0.15) is 70.2 Å². The van der Waals surface area contributed by atoms with Crippen molar-refractivity contribution in [3.63, 3.8) is 0 Å². The fourth-order valence-corrected chi connectivity index (χ4v) is 2.79. The molecular weight excluding hydrogens is 256 g/mol. The van der Waals surface area contributed by atoms with E-state index in [0.717, 1.165) is 12.8 Å². The molecule has 0 amide bonds. The molecule has 1 aromatic heterocycles. The van der Waals surface area contributed by atoms with Gasteiger partial charge in [0.2, 0.25) is 11.7 Å². The summed E-state index contributed by atoms with van der Waals surface area (Å²) in [5.41, 5.74) is 0. The Hall–Kier alpha value is -1.23. The zero-order valence-corrected chi connectivity index (χ0v) is 12.4. The molecule has 1 heterocycles. The predicted octanol–water partition coefficient (Wildman–Crippen LogP) is 3.25. The third-order valence-electron chi connectivity index (χ3n) is 3.91. The molecule has 0 N–H and O–H groups in total. The first-order valence-electron chi connectivity index (χ1n) is 7.70. The summed E-state index contributed by atoms with van der Waals surface area (Å²) in [4.78, 5) is 15.8. The number of aromatic nitrogens is 2. The Balaban J connectivity index is 2.06. The first kappa shape index (κ1) is 15.2. The van der Waals surface area contributed by atoms with E-state index in [9.17, 15) is 4.79 Å². The van der Waals surface area contributed by atoms with Gasteiger partial charge in [-0.25, -0.2) is 0 Å². The second kappa shape index (κ2) is 7.53. The molecule has 1 aliphatic carbocycles. The monoisotopic (exact) mass is 280 g/mol. The minimum atomic E-state index is -0.0884. The van der Waals surface area contributed by atoms with E-state index in [1.165, 1.54) is 19.3 Å². The summed E-state index contributed by atoms with van der Waals surface area (Å²) >= 11 is 0. The van der Waals surface area contributed by atoms with Gasteiger partial charge in [0.1, 0.15) is 11.9 Å². The number of hydrogen-bond donors (Lipinski definition) is 0. The van der Waals surface area contributed by atoms with Crippen molar-refractivity contribution in [3.8, 4) is 0 Å². The normalized spacial score (nSPS) is 18.1. The van der Waals surface area contributed by atoms with E-state index in [-0.39, 0.29) is 18.3 Å². The predicted molar refractivity (Wildman–Crippen MR) is 74.2 cm³/mol. The fourth-order valence-electron chi connectivity index (χ4n) is 2.79. The third-order valence-corrected chi connectivity index (χ3v) is 3.91. The maximum absolute atomic E-state index is 11.4. The molecular formula is C15H24N2O3. The Morgan fingerprint density at radius 2 is 2.10 bits per heavy atom. The molecule has 2 rings (SSSR count). The smallest absolute Gasteiger partial charge is 0.234 e. The van der Waals surface area contributed by atoms with E-state index < -0.39 is 0 Å².